The molecule has 7 heteroatoms. The van der Waals surface area contributed by atoms with E-state index in [0.29, 0.717) is 30.3 Å². The molecular weight excluding hydrogens is 286 g/mol. The van der Waals surface area contributed by atoms with Crippen LogP contribution in [0.3, 0.4) is 0 Å². The Balaban J connectivity index is 1.76. The third kappa shape index (κ3) is 2.77. The zero-order valence-electron chi connectivity index (χ0n) is 12.6. The average molecular weight is 305 g/mol. The summed E-state index contributed by atoms with van der Waals surface area (Å²) in [5, 5.41) is 5.99. The molecule has 2 N–H and O–H groups in total. The first-order valence-electron chi connectivity index (χ1n) is 7.25. The molecule has 1 saturated heterocycles. The first kappa shape index (κ1) is 14.8. The van der Waals surface area contributed by atoms with Gasteiger partial charge < -0.3 is 25.0 Å². The zero-order valence-corrected chi connectivity index (χ0v) is 12.6. The Morgan fingerprint density at radius 1 is 1.45 bits per heavy atom. The van der Waals surface area contributed by atoms with E-state index in [0.717, 1.165) is 0 Å². The van der Waals surface area contributed by atoms with E-state index in [1.54, 1.807) is 25.2 Å². The van der Waals surface area contributed by atoms with Gasteiger partial charge in [-0.05, 0) is 25.1 Å². The number of hydrogen-bond donors (Lipinski definition) is 2. The van der Waals surface area contributed by atoms with Crippen LogP contribution < -0.4 is 20.3 Å². The molecule has 0 aliphatic carbocycles. The highest BCUT2D eigenvalue weighted by Crippen LogP contribution is 2.33. The van der Waals surface area contributed by atoms with Gasteiger partial charge in [0.2, 0.25) is 5.91 Å². The van der Waals surface area contributed by atoms with Crippen LogP contribution in [0.1, 0.15) is 6.92 Å². The number of benzene rings is 1. The van der Waals surface area contributed by atoms with Crippen LogP contribution in [-0.2, 0) is 14.3 Å². The Hall–Kier alpha value is -2.12. The molecule has 118 valence electrons. The van der Waals surface area contributed by atoms with Crippen molar-refractivity contribution in [3.8, 4) is 5.75 Å². The summed E-state index contributed by atoms with van der Waals surface area (Å²) in [5.41, 5.74) is 1.27. The molecule has 7 nitrogen and oxygen atoms in total. The van der Waals surface area contributed by atoms with Gasteiger partial charge in [-0.2, -0.15) is 0 Å². The van der Waals surface area contributed by atoms with Crippen molar-refractivity contribution in [2.24, 2.45) is 0 Å². The van der Waals surface area contributed by atoms with E-state index >= 15 is 0 Å². The Morgan fingerprint density at radius 2 is 2.27 bits per heavy atom. The zero-order chi connectivity index (χ0) is 15.7. The molecule has 3 rings (SSSR count). The first-order valence-corrected chi connectivity index (χ1v) is 7.25. The number of fused-ring (bicyclic) bond motifs is 1. The third-order valence-electron chi connectivity index (χ3n) is 3.91. The number of nitrogens with zero attached hydrogens (tertiary/aromatic N) is 1. The predicted molar refractivity (Wildman–Crippen MR) is 81.2 cm³/mol. The number of amides is 2. The highest BCUT2D eigenvalue weighted by Gasteiger charge is 2.29. The van der Waals surface area contributed by atoms with Crippen molar-refractivity contribution in [2.45, 2.75) is 19.1 Å². The van der Waals surface area contributed by atoms with Crippen molar-refractivity contribution in [2.75, 3.05) is 37.0 Å². The summed E-state index contributed by atoms with van der Waals surface area (Å²) in [5.74, 6) is 0.359. The lowest BCUT2D eigenvalue weighted by Gasteiger charge is -2.30. The summed E-state index contributed by atoms with van der Waals surface area (Å²) < 4.78 is 10.8. The fourth-order valence-corrected chi connectivity index (χ4v) is 2.60. The Labute approximate surface area is 128 Å². The Morgan fingerprint density at radius 3 is 3.05 bits per heavy atom. The van der Waals surface area contributed by atoms with Crippen molar-refractivity contribution >= 4 is 23.2 Å². The van der Waals surface area contributed by atoms with Crippen LogP contribution in [0, 0.1) is 0 Å². The number of carbonyl (C=O) groups excluding carboxylic acids is 2. The second-order valence-electron chi connectivity index (χ2n) is 5.42. The highest BCUT2D eigenvalue weighted by molar-refractivity contribution is 6.00. The van der Waals surface area contributed by atoms with E-state index in [4.69, 9.17) is 9.47 Å². The standard InChI is InChI=1S/C15H19N3O4/c1-9-14(16-5-6-21-9)15(20)17-10-3-4-12-11(7-10)18(2)13(19)8-22-12/h3-4,7,9,14,16H,5-6,8H2,1-2H3,(H,17,20)/t9-,14+/m1/s1. The van der Waals surface area contributed by atoms with Gasteiger partial charge >= 0.3 is 0 Å². The number of anilines is 2. The fourth-order valence-electron chi connectivity index (χ4n) is 2.60. The van der Waals surface area contributed by atoms with Crippen molar-refractivity contribution < 1.29 is 19.1 Å². The molecule has 2 aliphatic rings. The summed E-state index contributed by atoms with van der Waals surface area (Å²) in [6.07, 6.45) is -0.182. The fraction of sp³-hybridized carbons (Fsp3) is 0.467. The monoisotopic (exact) mass is 305 g/mol. The van der Waals surface area contributed by atoms with Gasteiger partial charge in [0.25, 0.3) is 5.91 Å². The Bertz CT molecular complexity index is 604. The summed E-state index contributed by atoms with van der Waals surface area (Å²) >= 11 is 0. The maximum Gasteiger partial charge on any atom is 0.264 e. The SMILES string of the molecule is C[C@H]1OCCN[C@@H]1C(=O)Nc1ccc2c(c1)N(C)C(=O)CO2. The molecule has 0 saturated carbocycles. The highest BCUT2D eigenvalue weighted by atomic mass is 16.5. The molecule has 1 fully saturated rings. The molecule has 1 aromatic carbocycles. The van der Waals surface area contributed by atoms with Crippen LogP contribution in [0.15, 0.2) is 18.2 Å². The van der Waals surface area contributed by atoms with Gasteiger partial charge in [-0.3, -0.25) is 9.59 Å². The number of hydrogen-bond acceptors (Lipinski definition) is 5. The largest absolute Gasteiger partial charge is 0.482 e. The van der Waals surface area contributed by atoms with Crippen molar-refractivity contribution in [1.82, 2.24) is 5.32 Å². The van der Waals surface area contributed by atoms with Gasteiger partial charge in [-0.1, -0.05) is 0 Å². The summed E-state index contributed by atoms with van der Waals surface area (Å²) in [7, 11) is 1.69. The van der Waals surface area contributed by atoms with Gasteiger partial charge in [0, 0.05) is 19.3 Å². The van der Waals surface area contributed by atoms with Gasteiger partial charge in [0.1, 0.15) is 11.8 Å². The maximum absolute atomic E-state index is 12.3. The third-order valence-corrected chi connectivity index (χ3v) is 3.91. The van der Waals surface area contributed by atoms with Crippen molar-refractivity contribution in [3.63, 3.8) is 0 Å². The number of morpholine rings is 1. The van der Waals surface area contributed by atoms with Gasteiger partial charge in [-0.25, -0.2) is 0 Å². The van der Waals surface area contributed by atoms with Crippen molar-refractivity contribution in [3.05, 3.63) is 18.2 Å². The van der Waals surface area contributed by atoms with E-state index in [9.17, 15) is 9.59 Å². The van der Waals surface area contributed by atoms with Gasteiger partial charge in [0.05, 0.1) is 18.4 Å². The van der Waals surface area contributed by atoms with Crippen LogP contribution in [-0.4, -0.2) is 50.8 Å². The van der Waals surface area contributed by atoms with Crippen LogP contribution >= 0.6 is 0 Å². The molecule has 2 amide bonds. The molecular formula is C15H19N3O4. The lowest BCUT2D eigenvalue weighted by Crippen LogP contribution is -2.53. The number of rotatable bonds is 2. The van der Waals surface area contributed by atoms with E-state index in [1.165, 1.54) is 4.90 Å². The molecule has 0 unspecified atom stereocenters. The number of ether oxygens (including phenoxy) is 2. The number of nitrogens with one attached hydrogen (secondary N) is 2. The van der Waals surface area contributed by atoms with E-state index in [-0.39, 0.29) is 30.6 Å². The maximum atomic E-state index is 12.3. The topological polar surface area (TPSA) is 79.9 Å². The Kier molecular flexibility index (Phi) is 4.00. The molecule has 0 aromatic heterocycles. The van der Waals surface area contributed by atoms with E-state index in [2.05, 4.69) is 10.6 Å². The van der Waals surface area contributed by atoms with Crippen LogP contribution in [0.2, 0.25) is 0 Å². The number of likely N-dealkylation sites (N-methyl/N-ethyl adjacent to an activating group) is 1. The van der Waals surface area contributed by atoms with Crippen LogP contribution in [0.5, 0.6) is 5.75 Å². The minimum Gasteiger partial charge on any atom is -0.482 e. The van der Waals surface area contributed by atoms with Gasteiger partial charge in [0.15, 0.2) is 6.61 Å². The lowest BCUT2D eigenvalue weighted by molar-refractivity contribution is -0.123. The second kappa shape index (κ2) is 5.94. The first-order chi connectivity index (χ1) is 10.6. The molecule has 0 radical (unpaired) electrons. The number of carbonyl (C=O) groups is 2. The van der Waals surface area contributed by atoms with Gasteiger partial charge in [-0.15, -0.1) is 0 Å². The van der Waals surface area contributed by atoms with E-state index < -0.39 is 0 Å². The normalized spacial score (nSPS) is 24.5. The molecule has 22 heavy (non-hydrogen) atoms. The quantitative estimate of drug-likeness (QED) is 0.824. The smallest absolute Gasteiger partial charge is 0.264 e. The van der Waals surface area contributed by atoms with Crippen molar-refractivity contribution in [1.29, 1.82) is 0 Å². The lowest BCUT2D eigenvalue weighted by atomic mass is 10.1. The predicted octanol–water partition coefficient (Wildman–Crippen LogP) is 0.357. The molecule has 2 aliphatic heterocycles. The average Bonchev–Trinajstić information content (AvgIpc) is 2.52. The second-order valence-corrected chi connectivity index (χ2v) is 5.42. The molecule has 1 aromatic rings. The molecule has 2 heterocycles. The summed E-state index contributed by atoms with van der Waals surface area (Å²) in [6.45, 7) is 3.16. The summed E-state index contributed by atoms with van der Waals surface area (Å²) in [6, 6.07) is 4.86. The minimum absolute atomic E-state index is 0.0378. The minimum atomic E-state index is -0.389. The van der Waals surface area contributed by atoms with Crippen LogP contribution in [0.25, 0.3) is 0 Å². The molecule has 2 atom stereocenters. The van der Waals surface area contributed by atoms with E-state index in [1.807, 2.05) is 6.92 Å². The molecule has 0 spiro atoms. The molecule has 0 bridgehead atoms. The summed E-state index contributed by atoms with van der Waals surface area (Å²) in [4.78, 5) is 25.5. The van der Waals surface area contributed by atoms with Crippen LogP contribution in [0.4, 0.5) is 11.4 Å².